The van der Waals surface area contributed by atoms with Gasteiger partial charge in [0.05, 0.1) is 26.4 Å². The van der Waals surface area contributed by atoms with E-state index < -0.39 is 24.1 Å². The van der Waals surface area contributed by atoms with Gasteiger partial charge in [0.15, 0.2) is 17.6 Å². The van der Waals surface area contributed by atoms with Crippen LogP contribution in [0.25, 0.3) is 0 Å². The first-order valence-electron chi connectivity index (χ1n) is 7.69. The van der Waals surface area contributed by atoms with Crippen LogP contribution in [0, 0.1) is 5.92 Å². The van der Waals surface area contributed by atoms with Crippen LogP contribution in [0.2, 0.25) is 0 Å². The lowest BCUT2D eigenvalue weighted by Crippen LogP contribution is -2.39. The monoisotopic (exact) mass is 353 g/mol. The molecular formula is C17H23NO7. The lowest BCUT2D eigenvalue weighted by Gasteiger charge is -2.15. The molecule has 0 unspecified atom stereocenters. The Balaban J connectivity index is 2.78. The molecule has 138 valence electrons. The predicted octanol–water partition coefficient (Wildman–Crippen LogP) is 2.16. The fourth-order valence-electron chi connectivity index (χ4n) is 1.71. The summed E-state index contributed by atoms with van der Waals surface area (Å²) in [6.07, 6.45) is -2.10. The highest BCUT2D eigenvalue weighted by atomic mass is 16.6. The Hall–Kier alpha value is -2.77. The van der Waals surface area contributed by atoms with E-state index in [1.165, 1.54) is 26.2 Å². The summed E-state index contributed by atoms with van der Waals surface area (Å²) in [5.74, 6) is -0.306. The number of ether oxygens (including phenoxy) is 4. The number of methoxy groups -OCH3 is 2. The van der Waals surface area contributed by atoms with E-state index >= 15 is 0 Å². The molecule has 1 aromatic rings. The van der Waals surface area contributed by atoms with Crippen molar-refractivity contribution in [2.45, 2.75) is 26.9 Å². The number of benzene rings is 1. The van der Waals surface area contributed by atoms with E-state index in [1.54, 1.807) is 6.07 Å². The molecule has 1 aromatic carbocycles. The summed E-state index contributed by atoms with van der Waals surface area (Å²) in [6.45, 7) is 5.87. The van der Waals surface area contributed by atoms with Crippen molar-refractivity contribution < 1.29 is 33.3 Å². The third kappa shape index (κ3) is 6.33. The van der Waals surface area contributed by atoms with Crippen LogP contribution in [-0.2, 0) is 14.3 Å². The summed E-state index contributed by atoms with van der Waals surface area (Å²) in [5.41, 5.74) is 0.187. The summed E-state index contributed by atoms with van der Waals surface area (Å²) in [7, 11) is 2.58. The van der Waals surface area contributed by atoms with Crippen molar-refractivity contribution in [1.82, 2.24) is 5.32 Å². The molecule has 0 radical (unpaired) electrons. The molecule has 0 aromatic heterocycles. The Morgan fingerprint density at radius 1 is 1.08 bits per heavy atom. The third-order valence-corrected chi connectivity index (χ3v) is 3.04. The zero-order chi connectivity index (χ0) is 19.0. The molecule has 0 bridgehead atoms. The molecule has 1 atom stereocenters. The van der Waals surface area contributed by atoms with Crippen LogP contribution >= 0.6 is 0 Å². The Morgan fingerprint density at radius 3 is 2.32 bits per heavy atom. The van der Waals surface area contributed by atoms with Crippen LogP contribution in [0.3, 0.4) is 0 Å². The highest BCUT2D eigenvalue weighted by molar-refractivity contribution is 5.97. The normalized spacial score (nSPS) is 11.4. The molecule has 0 saturated heterocycles. The summed E-state index contributed by atoms with van der Waals surface area (Å²) in [5, 5.41) is 1.92. The van der Waals surface area contributed by atoms with Crippen molar-refractivity contribution in [2.24, 2.45) is 5.92 Å². The van der Waals surface area contributed by atoms with Gasteiger partial charge in [-0.3, -0.25) is 10.1 Å². The summed E-state index contributed by atoms with van der Waals surface area (Å²) in [6, 6.07) is 4.56. The number of hydrogen-bond acceptors (Lipinski definition) is 7. The minimum Gasteiger partial charge on any atom is -0.493 e. The Bertz CT molecular complexity index is 627. The van der Waals surface area contributed by atoms with Gasteiger partial charge in [0.1, 0.15) is 0 Å². The highest BCUT2D eigenvalue weighted by Gasteiger charge is 2.22. The molecule has 1 N–H and O–H groups in total. The standard InChI is InChI=1S/C17H23NO7/c1-10(2)9-24-13-7-6-12(8-14(13)22-4)16(20)25-11(3)15(19)18-17(21)23-5/h6-8,10-11H,9H2,1-5H3,(H,18,19,21)/t11-/m0/s1. The average Bonchev–Trinajstić information content (AvgIpc) is 2.59. The average molecular weight is 353 g/mol. The second-order valence-corrected chi connectivity index (χ2v) is 5.60. The molecule has 8 nitrogen and oxygen atoms in total. The van der Waals surface area contributed by atoms with Crippen LogP contribution < -0.4 is 14.8 Å². The number of esters is 1. The minimum atomic E-state index is -1.17. The maximum atomic E-state index is 12.1. The van der Waals surface area contributed by atoms with Crippen molar-refractivity contribution in [3.8, 4) is 11.5 Å². The van der Waals surface area contributed by atoms with Gasteiger partial charge in [-0.15, -0.1) is 0 Å². The molecule has 0 aliphatic carbocycles. The van der Waals surface area contributed by atoms with E-state index in [-0.39, 0.29) is 5.56 Å². The molecule has 0 fully saturated rings. The SMILES string of the molecule is COC(=O)NC(=O)[C@H](C)OC(=O)c1ccc(OCC(C)C)c(OC)c1. The maximum Gasteiger partial charge on any atom is 0.413 e. The predicted molar refractivity (Wildman–Crippen MR) is 88.8 cm³/mol. The van der Waals surface area contributed by atoms with Gasteiger partial charge in [-0.1, -0.05) is 13.8 Å². The van der Waals surface area contributed by atoms with Crippen molar-refractivity contribution in [3.63, 3.8) is 0 Å². The van der Waals surface area contributed by atoms with Crippen molar-refractivity contribution in [3.05, 3.63) is 23.8 Å². The summed E-state index contributed by atoms with van der Waals surface area (Å²) < 4.78 is 20.1. The van der Waals surface area contributed by atoms with E-state index in [1.807, 2.05) is 19.2 Å². The van der Waals surface area contributed by atoms with Crippen molar-refractivity contribution in [1.29, 1.82) is 0 Å². The van der Waals surface area contributed by atoms with E-state index in [4.69, 9.17) is 14.2 Å². The Labute approximate surface area is 146 Å². The number of rotatable bonds is 7. The third-order valence-electron chi connectivity index (χ3n) is 3.04. The van der Waals surface area contributed by atoms with E-state index in [2.05, 4.69) is 4.74 Å². The molecule has 0 aliphatic rings. The lowest BCUT2D eigenvalue weighted by molar-refractivity contribution is -0.128. The molecule has 1 rings (SSSR count). The van der Waals surface area contributed by atoms with Crippen LogP contribution in [0.5, 0.6) is 11.5 Å². The molecule has 0 heterocycles. The van der Waals surface area contributed by atoms with Gasteiger partial charge < -0.3 is 18.9 Å². The van der Waals surface area contributed by atoms with Gasteiger partial charge in [-0.25, -0.2) is 9.59 Å². The molecular weight excluding hydrogens is 330 g/mol. The van der Waals surface area contributed by atoms with Gasteiger partial charge >= 0.3 is 12.1 Å². The molecule has 0 saturated carbocycles. The summed E-state index contributed by atoms with van der Waals surface area (Å²) >= 11 is 0. The fraction of sp³-hybridized carbons (Fsp3) is 0.471. The quantitative estimate of drug-likeness (QED) is 0.750. The number of hydrogen-bond donors (Lipinski definition) is 1. The second kappa shape index (κ2) is 9.51. The largest absolute Gasteiger partial charge is 0.493 e. The highest BCUT2D eigenvalue weighted by Crippen LogP contribution is 2.28. The first-order valence-corrected chi connectivity index (χ1v) is 7.69. The smallest absolute Gasteiger partial charge is 0.413 e. The molecule has 0 aliphatic heterocycles. The van der Waals surface area contributed by atoms with Crippen LogP contribution in [0.15, 0.2) is 18.2 Å². The van der Waals surface area contributed by atoms with Crippen LogP contribution in [-0.4, -0.2) is 44.9 Å². The number of alkyl carbamates (subject to hydrolysis) is 1. The molecule has 2 amide bonds. The van der Waals surface area contributed by atoms with Gasteiger partial charge in [-0.2, -0.15) is 0 Å². The zero-order valence-electron chi connectivity index (χ0n) is 15.0. The zero-order valence-corrected chi connectivity index (χ0v) is 15.0. The number of amides is 2. The van der Waals surface area contributed by atoms with E-state index in [9.17, 15) is 14.4 Å². The van der Waals surface area contributed by atoms with Crippen molar-refractivity contribution in [2.75, 3.05) is 20.8 Å². The van der Waals surface area contributed by atoms with Crippen molar-refractivity contribution >= 4 is 18.0 Å². The van der Waals surface area contributed by atoms with Crippen LogP contribution in [0.1, 0.15) is 31.1 Å². The summed E-state index contributed by atoms with van der Waals surface area (Å²) in [4.78, 5) is 34.8. The number of nitrogens with one attached hydrogen (secondary N) is 1. The first-order chi connectivity index (χ1) is 11.8. The first kappa shape index (κ1) is 20.3. The Morgan fingerprint density at radius 2 is 1.76 bits per heavy atom. The topological polar surface area (TPSA) is 100 Å². The van der Waals surface area contributed by atoms with Crippen LogP contribution in [0.4, 0.5) is 4.79 Å². The molecule has 8 heteroatoms. The number of carbonyl (C=O) groups excluding carboxylic acids is 3. The minimum absolute atomic E-state index is 0.187. The van der Waals surface area contributed by atoms with Gasteiger partial charge in [-0.05, 0) is 31.0 Å². The van der Waals surface area contributed by atoms with E-state index in [0.717, 1.165) is 7.11 Å². The number of imide groups is 1. The van der Waals surface area contributed by atoms with Gasteiger partial charge in [0, 0.05) is 0 Å². The molecule has 0 spiro atoms. The van der Waals surface area contributed by atoms with E-state index in [0.29, 0.717) is 24.0 Å². The number of carbonyl (C=O) groups is 3. The fourth-order valence-corrected chi connectivity index (χ4v) is 1.71. The maximum absolute atomic E-state index is 12.1. The molecule has 25 heavy (non-hydrogen) atoms. The lowest BCUT2D eigenvalue weighted by atomic mass is 10.2. The van der Waals surface area contributed by atoms with Gasteiger partial charge in [0.2, 0.25) is 0 Å². The second-order valence-electron chi connectivity index (χ2n) is 5.60. The van der Waals surface area contributed by atoms with Gasteiger partial charge in [0.25, 0.3) is 5.91 Å². The Kier molecular flexibility index (Phi) is 7.71.